The first-order valence-corrected chi connectivity index (χ1v) is 10.5. The SMILES string of the molecule is C/C=C/CCC1C=CC(C2CCC(CC(CCO)CCO)CC2)=CC1. The number of hydrogen-bond acceptors (Lipinski definition) is 2. The van der Waals surface area contributed by atoms with Crippen molar-refractivity contribution in [2.75, 3.05) is 13.2 Å². The molecule has 25 heavy (non-hydrogen) atoms. The zero-order valence-electron chi connectivity index (χ0n) is 16.1. The Bertz CT molecular complexity index is 435. The first-order chi connectivity index (χ1) is 12.3. The summed E-state index contributed by atoms with van der Waals surface area (Å²) < 4.78 is 0. The molecule has 1 saturated carbocycles. The third-order valence-electron chi connectivity index (χ3n) is 6.22. The molecule has 0 aliphatic heterocycles. The van der Waals surface area contributed by atoms with Gasteiger partial charge >= 0.3 is 0 Å². The standard InChI is InChI=1S/C23H38O2/c1-2-3-4-5-19-6-10-22(11-7-19)23-12-8-20(9-13-23)18-21(14-16-24)15-17-25/h2-3,6,10-11,19-21,23-25H,4-5,7-9,12-18H2,1H3/b3-2+. The fraction of sp³-hybridized carbons (Fsp3) is 0.739. The van der Waals surface area contributed by atoms with Gasteiger partial charge in [-0.05, 0) is 100 Å². The lowest BCUT2D eigenvalue weighted by Crippen LogP contribution is -2.20. The van der Waals surface area contributed by atoms with Crippen LogP contribution in [-0.4, -0.2) is 23.4 Å². The highest BCUT2D eigenvalue weighted by Crippen LogP contribution is 2.39. The van der Waals surface area contributed by atoms with Crippen LogP contribution in [0.25, 0.3) is 0 Å². The predicted octanol–water partition coefficient (Wildman–Crippen LogP) is 5.42. The molecule has 1 fully saturated rings. The zero-order chi connectivity index (χ0) is 17.9. The maximum absolute atomic E-state index is 9.19. The number of hydrogen-bond donors (Lipinski definition) is 2. The monoisotopic (exact) mass is 346 g/mol. The summed E-state index contributed by atoms with van der Waals surface area (Å²) >= 11 is 0. The molecule has 0 saturated heterocycles. The van der Waals surface area contributed by atoms with Gasteiger partial charge in [0.1, 0.15) is 0 Å². The van der Waals surface area contributed by atoms with Crippen molar-refractivity contribution in [2.24, 2.45) is 23.7 Å². The van der Waals surface area contributed by atoms with E-state index in [-0.39, 0.29) is 13.2 Å². The quantitative estimate of drug-likeness (QED) is 0.518. The molecule has 0 aromatic rings. The van der Waals surface area contributed by atoms with Crippen LogP contribution in [0.15, 0.2) is 36.0 Å². The third-order valence-corrected chi connectivity index (χ3v) is 6.22. The molecule has 0 amide bonds. The molecule has 0 bridgehead atoms. The summed E-state index contributed by atoms with van der Waals surface area (Å²) in [5, 5.41) is 18.4. The summed E-state index contributed by atoms with van der Waals surface area (Å²) in [6.07, 6.45) is 23.6. The minimum atomic E-state index is 0.257. The van der Waals surface area contributed by atoms with Crippen LogP contribution in [0, 0.1) is 23.7 Å². The molecule has 0 aromatic heterocycles. The second kappa shape index (κ2) is 11.7. The van der Waals surface area contributed by atoms with Crippen molar-refractivity contribution >= 4 is 0 Å². The lowest BCUT2D eigenvalue weighted by Gasteiger charge is -2.32. The summed E-state index contributed by atoms with van der Waals surface area (Å²) in [4.78, 5) is 0. The van der Waals surface area contributed by atoms with Crippen LogP contribution >= 0.6 is 0 Å². The average molecular weight is 347 g/mol. The van der Waals surface area contributed by atoms with Crippen molar-refractivity contribution in [3.05, 3.63) is 36.0 Å². The van der Waals surface area contributed by atoms with Gasteiger partial charge in [-0.1, -0.05) is 30.4 Å². The van der Waals surface area contributed by atoms with Gasteiger partial charge in [-0.2, -0.15) is 0 Å². The minimum Gasteiger partial charge on any atom is -0.396 e. The van der Waals surface area contributed by atoms with Gasteiger partial charge in [0.05, 0.1) is 0 Å². The van der Waals surface area contributed by atoms with Gasteiger partial charge in [-0.15, -0.1) is 0 Å². The Morgan fingerprint density at radius 2 is 1.84 bits per heavy atom. The lowest BCUT2D eigenvalue weighted by molar-refractivity contribution is 0.178. The fourth-order valence-electron chi connectivity index (χ4n) is 4.62. The smallest absolute Gasteiger partial charge is 0.0433 e. The van der Waals surface area contributed by atoms with Gasteiger partial charge in [0.2, 0.25) is 0 Å². The van der Waals surface area contributed by atoms with Crippen LogP contribution < -0.4 is 0 Å². The first-order valence-electron chi connectivity index (χ1n) is 10.5. The highest BCUT2D eigenvalue weighted by atomic mass is 16.3. The van der Waals surface area contributed by atoms with E-state index in [9.17, 15) is 10.2 Å². The second-order valence-corrected chi connectivity index (χ2v) is 8.05. The van der Waals surface area contributed by atoms with Crippen LogP contribution in [0.5, 0.6) is 0 Å². The van der Waals surface area contributed by atoms with Gasteiger partial charge < -0.3 is 10.2 Å². The molecule has 2 N–H and O–H groups in total. The molecule has 2 nitrogen and oxygen atoms in total. The molecule has 2 aliphatic carbocycles. The van der Waals surface area contributed by atoms with Crippen molar-refractivity contribution in [1.82, 2.24) is 0 Å². The van der Waals surface area contributed by atoms with Crippen LogP contribution in [-0.2, 0) is 0 Å². The Morgan fingerprint density at radius 3 is 2.40 bits per heavy atom. The van der Waals surface area contributed by atoms with E-state index in [2.05, 4.69) is 37.3 Å². The molecule has 2 heteroatoms. The van der Waals surface area contributed by atoms with E-state index in [0.29, 0.717) is 5.92 Å². The largest absolute Gasteiger partial charge is 0.396 e. The van der Waals surface area contributed by atoms with Gasteiger partial charge in [-0.25, -0.2) is 0 Å². The van der Waals surface area contributed by atoms with Crippen LogP contribution in [0.2, 0.25) is 0 Å². The predicted molar refractivity (Wildman–Crippen MR) is 106 cm³/mol. The Morgan fingerprint density at radius 1 is 1.12 bits per heavy atom. The van der Waals surface area contributed by atoms with Gasteiger partial charge in [-0.3, -0.25) is 0 Å². The van der Waals surface area contributed by atoms with Crippen LogP contribution in [0.3, 0.4) is 0 Å². The van der Waals surface area contributed by atoms with E-state index in [4.69, 9.17) is 0 Å². The Labute approximate surface area is 154 Å². The molecular formula is C23H38O2. The third kappa shape index (κ3) is 7.11. The van der Waals surface area contributed by atoms with Crippen molar-refractivity contribution in [1.29, 1.82) is 0 Å². The zero-order valence-corrected chi connectivity index (χ0v) is 16.1. The summed E-state index contributed by atoms with van der Waals surface area (Å²) in [6.45, 7) is 2.61. The maximum Gasteiger partial charge on any atom is 0.0433 e. The van der Waals surface area contributed by atoms with Gasteiger partial charge in [0.25, 0.3) is 0 Å². The maximum atomic E-state index is 9.19. The number of aliphatic hydroxyl groups is 2. The normalized spacial score (nSPS) is 27.2. The summed E-state index contributed by atoms with van der Waals surface area (Å²) in [7, 11) is 0. The first kappa shape index (κ1) is 20.5. The molecular weight excluding hydrogens is 308 g/mol. The number of allylic oxidation sites excluding steroid dienone is 6. The van der Waals surface area contributed by atoms with E-state index in [1.807, 2.05) is 0 Å². The summed E-state index contributed by atoms with van der Waals surface area (Å²) in [5.74, 6) is 2.79. The highest BCUT2D eigenvalue weighted by molar-refractivity contribution is 5.26. The molecule has 2 aliphatic rings. The fourth-order valence-corrected chi connectivity index (χ4v) is 4.62. The average Bonchev–Trinajstić information content (AvgIpc) is 2.64. The molecule has 0 spiro atoms. The van der Waals surface area contributed by atoms with E-state index < -0.39 is 0 Å². The molecule has 1 atom stereocenters. The number of aliphatic hydroxyl groups excluding tert-OH is 2. The molecule has 0 radical (unpaired) electrons. The van der Waals surface area contributed by atoms with E-state index in [1.165, 1.54) is 51.4 Å². The summed E-state index contributed by atoms with van der Waals surface area (Å²) in [6, 6.07) is 0. The van der Waals surface area contributed by atoms with Gasteiger partial charge in [0.15, 0.2) is 0 Å². The van der Waals surface area contributed by atoms with E-state index in [0.717, 1.165) is 30.6 Å². The van der Waals surface area contributed by atoms with Crippen molar-refractivity contribution < 1.29 is 10.2 Å². The highest BCUT2D eigenvalue weighted by Gasteiger charge is 2.25. The minimum absolute atomic E-state index is 0.257. The van der Waals surface area contributed by atoms with Gasteiger partial charge in [0, 0.05) is 13.2 Å². The molecule has 142 valence electrons. The van der Waals surface area contributed by atoms with Crippen molar-refractivity contribution in [3.63, 3.8) is 0 Å². The van der Waals surface area contributed by atoms with Crippen LogP contribution in [0.4, 0.5) is 0 Å². The Kier molecular flexibility index (Phi) is 9.57. The molecule has 1 unspecified atom stereocenters. The van der Waals surface area contributed by atoms with Crippen LogP contribution in [0.1, 0.15) is 71.1 Å². The van der Waals surface area contributed by atoms with E-state index in [1.54, 1.807) is 5.57 Å². The Balaban J connectivity index is 1.72. The van der Waals surface area contributed by atoms with Crippen molar-refractivity contribution in [3.8, 4) is 0 Å². The number of rotatable bonds is 10. The lowest BCUT2D eigenvalue weighted by atomic mass is 9.73. The molecule has 0 heterocycles. The van der Waals surface area contributed by atoms with Crippen molar-refractivity contribution in [2.45, 2.75) is 71.1 Å². The Hall–Kier alpha value is -0.860. The molecule has 0 aromatic carbocycles. The van der Waals surface area contributed by atoms with E-state index >= 15 is 0 Å². The summed E-state index contributed by atoms with van der Waals surface area (Å²) in [5.41, 5.74) is 1.59. The molecule has 2 rings (SSSR count). The topological polar surface area (TPSA) is 40.5 Å². The second-order valence-electron chi connectivity index (χ2n) is 8.05.